The fourth-order valence-electron chi connectivity index (χ4n) is 2.70. The van der Waals surface area contributed by atoms with Gasteiger partial charge in [0, 0.05) is 6.04 Å². The number of benzene rings is 1. The standard InChI is InChI=1S/C15H23NO2S/c1-12(2)19(17,18)16-15-10-6-9-14(15)11-13-7-4-3-5-8-13/h3-5,7-8,12,14-16H,6,9-11H2,1-2H3/t14-,15-/m1/s1. The van der Waals surface area contributed by atoms with Crippen LogP contribution in [0.4, 0.5) is 0 Å². The second-order valence-corrected chi connectivity index (χ2v) is 7.97. The van der Waals surface area contributed by atoms with Crippen molar-refractivity contribution in [3.8, 4) is 0 Å². The summed E-state index contributed by atoms with van der Waals surface area (Å²) in [6, 6.07) is 10.4. The molecule has 0 aliphatic heterocycles. The quantitative estimate of drug-likeness (QED) is 0.902. The van der Waals surface area contributed by atoms with Crippen molar-refractivity contribution in [1.29, 1.82) is 0 Å². The average Bonchev–Trinajstić information content (AvgIpc) is 2.77. The second-order valence-electron chi connectivity index (χ2n) is 5.70. The van der Waals surface area contributed by atoms with Gasteiger partial charge in [-0.2, -0.15) is 0 Å². The summed E-state index contributed by atoms with van der Waals surface area (Å²) in [5, 5.41) is -0.356. The van der Waals surface area contributed by atoms with Crippen molar-refractivity contribution in [1.82, 2.24) is 4.72 Å². The molecule has 2 atom stereocenters. The minimum Gasteiger partial charge on any atom is -0.212 e. The van der Waals surface area contributed by atoms with Gasteiger partial charge >= 0.3 is 0 Å². The third-order valence-corrected chi connectivity index (χ3v) is 5.81. The number of sulfonamides is 1. The summed E-state index contributed by atoms with van der Waals surface area (Å²) in [6.07, 6.45) is 4.15. The van der Waals surface area contributed by atoms with Gasteiger partial charge in [0.25, 0.3) is 0 Å². The fraction of sp³-hybridized carbons (Fsp3) is 0.600. The first kappa shape index (κ1) is 14.5. The zero-order valence-electron chi connectivity index (χ0n) is 11.7. The summed E-state index contributed by atoms with van der Waals surface area (Å²) in [5.41, 5.74) is 1.29. The molecule has 0 unspecified atom stereocenters. The molecular weight excluding hydrogens is 258 g/mol. The summed E-state index contributed by atoms with van der Waals surface area (Å²) in [6.45, 7) is 3.45. The molecule has 0 bridgehead atoms. The molecule has 1 aliphatic rings. The van der Waals surface area contributed by atoms with Gasteiger partial charge in [-0.3, -0.25) is 0 Å². The second kappa shape index (κ2) is 6.06. The van der Waals surface area contributed by atoms with Crippen LogP contribution in [0.1, 0.15) is 38.7 Å². The molecule has 0 radical (unpaired) electrons. The molecule has 0 amide bonds. The molecule has 1 N–H and O–H groups in total. The van der Waals surface area contributed by atoms with Gasteiger partial charge < -0.3 is 0 Å². The van der Waals surface area contributed by atoms with E-state index in [4.69, 9.17) is 0 Å². The monoisotopic (exact) mass is 281 g/mol. The highest BCUT2D eigenvalue weighted by atomic mass is 32.2. The molecule has 0 saturated heterocycles. The summed E-state index contributed by atoms with van der Waals surface area (Å²) in [4.78, 5) is 0. The summed E-state index contributed by atoms with van der Waals surface area (Å²) in [5.74, 6) is 0.427. The third-order valence-electron chi connectivity index (χ3n) is 3.94. The van der Waals surface area contributed by atoms with Crippen LogP contribution in [0.3, 0.4) is 0 Å². The van der Waals surface area contributed by atoms with Crippen LogP contribution in [0.15, 0.2) is 30.3 Å². The molecule has 0 aromatic heterocycles. The van der Waals surface area contributed by atoms with Gasteiger partial charge in [0.2, 0.25) is 10.0 Å². The molecule has 1 fully saturated rings. The van der Waals surface area contributed by atoms with Gasteiger partial charge in [-0.15, -0.1) is 0 Å². The maximum Gasteiger partial charge on any atom is 0.214 e. The molecule has 1 aromatic carbocycles. The summed E-state index contributed by atoms with van der Waals surface area (Å²) >= 11 is 0. The molecule has 19 heavy (non-hydrogen) atoms. The van der Waals surface area contributed by atoms with Gasteiger partial charge in [-0.1, -0.05) is 36.8 Å². The molecule has 4 heteroatoms. The lowest BCUT2D eigenvalue weighted by Crippen LogP contribution is -2.41. The Bertz CT molecular complexity index is 496. The molecule has 1 aliphatic carbocycles. The Morgan fingerprint density at radius 1 is 1.21 bits per heavy atom. The van der Waals surface area contributed by atoms with Gasteiger partial charge in [0.15, 0.2) is 0 Å². The van der Waals surface area contributed by atoms with Crippen LogP contribution in [0.5, 0.6) is 0 Å². The lowest BCUT2D eigenvalue weighted by molar-refractivity contribution is 0.440. The smallest absolute Gasteiger partial charge is 0.212 e. The topological polar surface area (TPSA) is 46.2 Å². The van der Waals surface area contributed by atoms with Gasteiger partial charge in [-0.05, 0) is 44.6 Å². The van der Waals surface area contributed by atoms with E-state index in [0.29, 0.717) is 5.92 Å². The molecule has 0 spiro atoms. The van der Waals surface area contributed by atoms with Crippen LogP contribution < -0.4 is 4.72 Å². The minimum atomic E-state index is -3.16. The Labute approximate surface area is 116 Å². The summed E-state index contributed by atoms with van der Waals surface area (Å²) < 4.78 is 26.8. The van der Waals surface area contributed by atoms with Crippen LogP contribution >= 0.6 is 0 Å². The van der Waals surface area contributed by atoms with Crippen LogP contribution in [0.25, 0.3) is 0 Å². The van der Waals surface area contributed by atoms with Crippen molar-refractivity contribution in [2.75, 3.05) is 0 Å². The first-order valence-corrected chi connectivity index (χ1v) is 8.59. The van der Waals surface area contributed by atoms with Gasteiger partial charge in [0.05, 0.1) is 5.25 Å². The van der Waals surface area contributed by atoms with Crippen LogP contribution in [0, 0.1) is 5.92 Å². The molecular formula is C15H23NO2S. The zero-order chi connectivity index (χ0) is 13.9. The Hall–Kier alpha value is -0.870. The third kappa shape index (κ3) is 3.80. The van der Waals surface area contributed by atoms with Gasteiger partial charge in [0.1, 0.15) is 0 Å². The first-order chi connectivity index (χ1) is 8.99. The van der Waals surface area contributed by atoms with E-state index in [1.807, 2.05) is 18.2 Å². The first-order valence-electron chi connectivity index (χ1n) is 7.04. The molecule has 106 valence electrons. The predicted molar refractivity (Wildman–Crippen MR) is 78.5 cm³/mol. The van der Waals surface area contributed by atoms with Crippen molar-refractivity contribution in [3.63, 3.8) is 0 Å². The largest absolute Gasteiger partial charge is 0.214 e. The number of hydrogen-bond donors (Lipinski definition) is 1. The van der Waals surface area contributed by atoms with Crippen molar-refractivity contribution in [3.05, 3.63) is 35.9 Å². The van der Waals surface area contributed by atoms with E-state index in [2.05, 4.69) is 16.9 Å². The van der Waals surface area contributed by atoms with Crippen LogP contribution in [-0.2, 0) is 16.4 Å². The maximum absolute atomic E-state index is 12.0. The Morgan fingerprint density at radius 2 is 1.89 bits per heavy atom. The number of nitrogens with one attached hydrogen (secondary N) is 1. The van der Waals surface area contributed by atoms with Crippen LogP contribution in [-0.4, -0.2) is 19.7 Å². The zero-order valence-corrected chi connectivity index (χ0v) is 12.5. The molecule has 0 heterocycles. The lowest BCUT2D eigenvalue weighted by atomic mass is 9.95. The van der Waals surface area contributed by atoms with E-state index >= 15 is 0 Å². The molecule has 2 rings (SSSR count). The Kier molecular flexibility index (Phi) is 4.63. The highest BCUT2D eigenvalue weighted by Crippen LogP contribution is 2.29. The van der Waals surface area contributed by atoms with Crippen molar-refractivity contribution >= 4 is 10.0 Å². The predicted octanol–water partition coefficient (Wildman–Crippen LogP) is 2.73. The number of rotatable bonds is 5. The molecule has 1 saturated carbocycles. The molecule has 1 aromatic rings. The van der Waals surface area contributed by atoms with Crippen molar-refractivity contribution in [2.24, 2.45) is 5.92 Å². The maximum atomic E-state index is 12.0. The van der Waals surface area contributed by atoms with Gasteiger partial charge in [-0.25, -0.2) is 13.1 Å². The lowest BCUT2D eigenvalue weighted by Gasteiger charge is -2.22. The van der Waals surface area contributed by atoms with E-state index in [1.54, 1.807) is 13.8 Å². The fourth-order valence-corrected chi connectivity index (χ4v) is 3.70. The van der Waals surface area contributed by atoms with Crippen molar-refractivity contribution in [2.45, 2.75) is 50.8 Å². The van der Waals surface area contributed by atoms with E-state index in [-0.39, 0.29) is 11.3 Å². The summed E-state index contributed by atoms with van der Waals surface area (Å²) in [7, 11) is -3.16. The number of hydrogen-bond acceptors (Lipinski definition) is 2. The van der Waals surface area contributed by atoms with Crippen molar-refractivity contribution < 1.29 is 8.42 Å². The Morgan fingerprint density at radius 3 is 2.53 bits per heavy atom. The average molecular weight is 281 g/mol. The van der Waals surface area contributed by atoms with E-state index in [1.165, 1.54) is 5.56 Å². The highest BCUT2D eigenvalue weighted by Gasteiger charge is 2.31. The van der Waals surface area contributed by atoms with E-state index in [9.17, 15) is 8.42 Å². The molecule has 3 nitrogen and oxygen atoms in total. The van der Waals surface area contributed by atoms with Crippen LogP contribution in [0.2, 0.25) is 0 Å². The van der Waals surface area contributed by atoms with E-state index in [0.717, 1.165) is 25.7 Å². The highest BCUT2D eigenvalue weighted by molar-refractivity contribution is 7.90. The van der Waals surface area contributed by atoms with E-state index < -0.39 is 10.0 Å². The SMILES string of the molecule is CC(C)S(=O)(=O)N[C@@H]1CCC[C@@H]1Cc1ccccc1. The minimum absolute atomic E-state index is 0.104. The Balaban J connectivity index is 2.02. The normalized spacial score (nSPS) is 23.9.